The maximum absolute atomic E-state index is 12.1. The van der Waals surface area contributed by atoms with Gasteiger partial charge in [-0.3, -0.25) is 0 Å². The second kappa shape index (κ2) is 8.49. The topological polar surface area (TPSA) is 54.5 Å². The van der Waals surface area contributed by atoms with Crippen LogP contribution in [0, 0.1) is 5.92 Å². The molecular weight excluding hydrogens is 382 g/mol. The number of nitrogens with zero attached hydrogens (tertiary/aromatic N) is 2. The molecule has 0 bridgehead atoms. The fourth-order valence-electron chi connectivity index (χ4n) is 4.07. The minimum Gasteiger partial charge on any atom is -0.465 e. The summed E-state index contributed by atoms with van der Waals surface area (Å²) in [5, 5.41) is 3.89. The van der Waals surface area contributed by atoms with Gasteiger partial charge in [0.05, 0.1) is 7.11 Å². The van der Waals surface area contributed by atoms with Crippen LogP contribution in [0.2, 0.25) is 0 Å². The van der Waals surface area contributed by atoms with Crippen molar-refractivity contribution in [2.24, 2.45) is 5.92 Å². The molecule has 1 saturated carbocycles. The number of hydrogen-bond acceptors (Lipinski definition) is 5. The molecule has 0 amide bonds. The lowest BCUT2D eigenvalue weighted by Gasteiger charge is -2.38. The molecule has 0 aromatic carbocycles. The number of rotatable bonds is 4. The predicted octanol–water partition coefficient (Wildman–Crippen LogP) is 3.77. The second-order valence-electron chi connectivity index (χ2n) is 7.31. The Morgan fingerprint density at radius 1 is 1.28 bits per heavy atom. The van der Waals surface area contributed by atoms with Crippen LogP contribution in [0.1, 0.15) is 55.8 Å². The number of hydrogen-bond donors (Lipinski definition) is 1. The van der Waals surface area contributed by atoms with Crippen molar-refractivity contribution in [1.29, 1.82) is 0 Å². The fraction of sp³-hybridized carbons (Fsp3) is 0.684. The Balaban J connectivity index is 1.61. The molecule has 2 atom stereocenters. The Hall–Kier alpha value is -1.14. The van der Waals surface area contributed by atoms with Gasteiger partial charge in [0, 0.05) is 35.8 Å². The number of piperidine rings is 1. The van der Waals surface area contributed by atoms with Crippen LogP contribution in [0.15, 0.2) is 16.7 Å². The smallest absolute Gasteiger partial charge is 0.341 e. The standard InChI is InChI=1S/C19H28BrN3O2/c1-13-5-3-4-6-17(13)22-15-7-9-23(10-8-15)18-16(19(24)25-2)11-14(20)12-21-18/h11-13,15,17,22H,3-10H2,1-2H3. The number of anilines is 1. The summed E-state index contributed by atoms with van der Waals surface area (Å²) < 4.78 is 5.71. The summed E-state index contributed by atoms with van der Waals surface area (Å²) in [6.45, 7) is 4.20. The molecule has 2 unspecified atom stereocenters. The number of carbonyl (C=O) groups excluding carboxylic acids is 1. The number of pyridine rings is 1. The maximum atomic E-state index is 12.1. The molecule has 1 aromatic heterocycles. The molecule has 138 valence electrons. The van der Waals surface area contributed by atoms with Crippen molar-refractivity contribution in [3.63, 3.8) is 0 Å². The summed E-state index contributed by atoms with van der Waals surface area (Å²) in [6, 6.07) is 3.03. The summed E-state index contributed by atoms with van der Waals surface area (Å²) in [5.41, 5.74) is 0.532. The van der Waals surface area contributed by atoms with Gasteiger partial charge in [-0.05, 0) is 53.6 Å². The lowest BCUT2D eigenvalue weighted by atomic mass is 9.85. The number of ether oxygens (including phenoxy) is 1. The highest BCUT2D eigenvalue weighted by molar-refractivity contribution is 9.10. The van der Waals surface area contributed by atoms with Gasteiger partial charge in [-0.1, -0.05) is 19.8 Å². The van der Waals surface area contributed by atoms with Gasteiger partial charge in [0.1, 0.15) is 11.4 Å². The monoisotopic (exact) mass is 409 g/mol. The summed E-state index contributed by atoms with van der Waals surface area (Å²) in [4.78, 5) is 18.8. The van der Waals surface area contributed by atoms with Crippen LogP contribution < -0.4 is 10.2 Å². The Labute approximate surface area is 158 Å². The van der Waals surface area contributed by atoms with Gasteiger partial charge in [0.15, 0.2) is 0 Å². The Morgan fingerprint density at radius 2 is 2.00 bits per heavy atom. The van der Waals surface area contributed by atoms with Crippen LogP contribution in [-0.2, 0) is 4.74 Å². The molecule has 2 aliphatic rings. The van der Waals surface area contributed by atoms with E-state index in [1.807, 2.05) is 0 Å². The van der Waals surface area contributed by atoms with Crippen LogP contribution >= 0.6 is 15.9 Å². The van der Waals surface area contributed by atoms with E-state index in [2.05, 4.69) is 38.1 Å². The average Bonchev–Trinajstić information content (AvgIpc) is 2.63. The van der Waals surface area contributed by atoms with E-state index in [9.17, 15) is 4.79 Å². The highest BCUT2D eigenvalue weighted by atomic mass is 79.9. The fourth-order valence-corrected chi connectivity index (χ4v) is 4.40. The molecule has 6 heteroatoms. The SMILES string of the molecule is COC(=O)c1cc(Br)cnc1N1CCC(NC2CCCCC2C)CC1. The van der Waals surface area contributed by atoms with E-state index in [1.165, 1.54) is 32.8 Å². The molecule has 1 aromatic rings. The molecule has 1 aliphatic heterocycles. The quantitative estimate of drug-likeness (QED) is 0.766. The molecule has 25 heavy (non-hydrogen) atoms. The summed E-state index contributed by atoms with van der Waals surface area (Å²) >= 11 is 3.39. The molecule has 3 rings (SSSR count). The second-order valence-corrected chi connectivity index (χ2v) is 8.23. The van der Waals surface area contributed by atoms with Crippen molar-refractivity contribution < 1.29 is 9.53 Å². The number of esters is 1. The third-order valence-electron chi connectivity index (χ3n) is 5.59. The lowest BCUT2D eigenvalue weighted by Crippen LogP contribution is -2.49. The van der Waals surface area contributed by atoms with Crippen molar-refractivity contribution in [1.82, 2.24) is 10.3 Å². The minimum absolute atomic E-state index is 0.333. The van der Waals surface area contributed by atoms with Crippen LogP contribution in [0.4, 0.5) is 5.82 Å². The molecule has 1 saturated heterocycles. The summed E-state index contributed by atoms with van der Waals surface area (Å²) in [5.74, 6) is 1.19. The first kappa shape index (κ1) is 18.6. The number of aromatic nitrogens is 1. The predicted molar refractivity (Wildman–Crippen MR) is 103 cm³/mol. The van der Waals surface area contributed by atoms with E-state index < -0.39 is 0 Å². The van der Waals surface area contributed by atoms with Crippen LogP contribution in [0.25, 0.3) is 0 Å². The molecule has 0 spiro atoms. The van der Waals surface area contributed by atoms with Gasteiger partial charge in [-0.15, -0.1) is 0 Å². The van der Waals surface area contributed by atoms with Gasteiger partial charge in [0.2, 0.25) is 0 Å². The first-order valence-corrected chi connectivity index (χ1v) is 10.1. The van der Waals surface area contributed by atoms with E-state index in [-0.39, 0.29) is 5.97 Å². The van der Waals surface area contributed by atoms with Crippen LogP contribution in [0.5, 0.6) is 0 Å². The van der Waals surface area contributed by atoms with E-state index in [0.717, 1.165) is 42.1 Å². The van der Waals surface area contributed by atoms with Gasteiger partial charge in [0.25, 0.3) is 0 Å². The van der Waals surface area contributed by atoms with Crippen molar-refractivity contribution in [2.75, 3.05) is 25.1 Å². The molecule has 5 nitrogen and oxygen atoms in total. The summed E-state index contributed by atoms with van der Waals surface area (Å²) in [7, 11) is 1.41. The maximum Gasteiger partial charge on any atom is 0.341 e. The number of halogens is 1. The van der Waals surface area contributed by atoms with E-state index in [0.29, 0.717) is 17.6 Å². The zero-order valence-corrected chi connectivity index (χ0v) is 16.7. The zero-order chi connectivity index (χ0) is 17.8. The highest BCUT2D eigenvalue weighted by Gasteiger charge is 2.28. The van der Waals surface area contributed by atoms with Crippen molar-refractivity contribution >= 4 is 27.7 Å². The molecular formula is C19H28BrN3O2. The summed E-state index contributed by atoms with van der Waals surface area (Å²) in [6.07, 6.45) is 9.30. The van der Waals surface area contributed by atoms with Crippen LogP contribution in [-0.4, -0.2) is 43.2 Å². The normalized spacial score (nSPS) is 25.0. The van der Waals surface area contributed by atoms with E-state index in [4.69, 9.17) is 4.74 Å². The van der Waals surface area contributed by atoms with E-state index >= 15 is 0 Å². The third-order valence-corrected chi connectivity index (χ3v) is 6.03. The van der Waals surface area contributed by atoms with E-state index in [1.54, 1.807) is 12.3 Å². The van der Waals surface area contributed by atoms with Gasteiger partial charge < -0.3 is 15.0 Å². The van der Waals surface area contributed by atoms with Crippen molar-refractivity contribution in [2.45, 2.75) is 57.5 Å². The molecule has 0 radical (unpaired) electrons. The van der Waals surface area contributed by atoms with Crippen molar-refractivity contribution in [3.05, 3.63) is 22.3 Å². The third kappa shape index (κ3) is 4.53. The molecule has 1 N–H and O–H groups in total. The number of nitrogens with one attached hydrogen (secondary N) is 1. The first-order valence-electron chi connectivity index (χ1n) is 9.33. The number of methoxy groups -OCH3 is 1. The Morgan fingerprint density at radius 3 is 2.68 bits per heavy atom. The largest absolute Gasteiger partial charge is 0.465 e. The van der Waals surface area contributed by atoms with Gasteiger partial charge in [-0.2, -0.15) is 0 Å². The number of carbonyl (C=O) groups is 1. The lowest BCUT2D eigenvalue weighted by molar-refractivity contribution is 0.0601. The zero-order valence-electron chi connectivity index (χ0n) is 15.1. The Kier molecular flexibility index (Phi) is 6.34. The van der Waals surface area contributed by atoms with Gasteiger partial charge in [-0.25, -0.2) is 9.78 Å². The minimum atomic E-state index is -0.333. The first-order chi connectivity index (χ1) is 12.1. The van der Waals surface area contributed by atoms with Crippen LogP contribution in [0.3, 0.4) is 0 Å². The molecule has 2 heterocycles. The Bertz CT molecular complexity index is 602. The highest BCUT2D eigenvalue weighted by Crippen LogP contribution is 2.28. The van der Waals surface area contributed by atoms with Crippen molar-refractivity contribution in [3.8, 4) is 0 Å². The molecule has 2 fully saturated rings. The van der Waals surface area contributed by atoms with Gasteiger partial charge >= 0.3 is 5.97 Å². The average molecular weight is 410 g/mol. The molecule has 1 aliphatic carbocycles.